The van der Waals surface area contributed by atoms with Crippen LogP contribution in [0.2, 0.25) is 0 Å². The molecule has 1 heteroatoms. The molecule has 0 amide bonds. The minimum Gasteiger partial charge on any atom is -0.327 e. The van der Waals surface area contributed by atoms with Gasteiger partial charge in [-0.2, -0.15) is 11.6 Å². The predicted molar refractivity (Wildman–Crippen MR) is 57.5 cm³/mol. The molecule has 0 aromatic heterocycles. The van der Waals surface area contributed by atoms with Crippen molar-refractivity contribution >= 4 is 5.57 Å². The van der Waals surface area contributed by atoms with Gasteiger partial charge in [0.25, 0.3) is 0 Å². The van der Waals surface area contributed by atoms with Gasteiger partial charge >= 0.3 is 0 Å². The minimum atomic E-state index is 0. The zero-order chi connectivity index (χ0) is 10.0. The number of hydrogen-bond acceptors (Lipinski definition) is 0. The Bertz CT molecular complexity index is 348. The summed E-state index contributed by atoms with van der Waals surface area (Å²) in [6.45, 7) is 10.4. The largest absolute Gasteiger partial charge is 0.327 e. The Kier molecular flexibility index (Phi) is 5.85. The number of allylic oxidation sites excluding steroid dienone is 2. The van der Waals surface area contributed by atoms with Crippen LogP contribution < -0.4 is 0 Å². The molecule has 0 bridgehead atoms. The van der Waals surface area contributed by atoms with Crippen LogP contribution in [0.1, 0.15) is 36.1 Å². The van der Waals surface area contributed by atoms with Crippen LogP contribution in [0.25, 0.3) is 5.57 Å². The molecule has 1 aromatic carbocycles. The summed E-state index contributed by atoms with van der Waals surface area (Å²) >= 11 is 0. The summed E-state index contributed by atoms with van der Waals surface area (Å²) in [7, 11) is 0. The molecule has 0 atom stereocenters. The second-order valence-corrected chi connectivity index (χ2v) is 3.51. The Balaban J connectivity index is 0.00000169. The molecule has 1 aromatic rings. The first-order valence-electron chi connectivity index (χ1n) is 4.58. The third kappa shape index (κ3) is 3.03. The van der Waals surface area contributed by atoms with Gasteiger partial charge in [0.05, 0.1) is 0 Å². The molecule has 0 aliphatic heterocycles. The van der Waals surface area contributed by atoms with Gasteiger partial charge in [0.2, 0.25) is 0 Å². The standard InChI is InChI=1S/C13H16.Y/c1-6-9(2)13-8-11(4)10(3)7-12(13)5;/h7H,1-5H3;/q-2;. The molecular weight excluding hydrogens is 245 g/mol. The Morgan fingerprint density at radius 2 is 1.79 bits per heavy atom. The normalized spacial score (nSPS) is 11.1. The maximum absolute atomic E-state index is 3.40. The monoisotopic (exact) mass is 261 g/mol. The third-order valence-electron chi connectivity index (χ3n) is 2.48. The summed E-state index contributed by atoms with van der Waals surface area (Å²) in [6, 6.07) is 5.61. The van der Waals surface area contributed by atoms with Crippen LogP contribution in [0, 0.1) is 32.9 Å². The Morgan fingerprint density at radius 1 is 1.21 bits per heavy atom. The van der Waals surface area contributed by atoms with Crippen LogP contribution in [0.15, 0.2) is 6.07 Å². The van der Waals surface area contributed by atoms with Crippen molar-refractivity contribution < 1.29 is 32.7 Å². The molecular formula is C13H16Y-2. The second kappa shape index (κ2) is 5.83. The second-order valence-electron chi connectivity index (χ2n) is 3.51. The van der Waals surface area contributed by atoms with Crippen molar-refractivity contribution in [2.45, 2.75) is 34.6 Å². The SMILES string of the molecule is C[C-]=C(C)c1[c-]c(C)c(C)cc1C.[Y]. The number of hydrogen-bond donors (Lipinski definition) is 0. The molecule has 1 rings (SSSR count). The van der Waals surface area contributed by atoms with E-state index in [1.807, 2.05) is 6.92 Å². The van der Waals surface area contributed by atoms with Crippen LogP contribution >= 0.6 is 0 Å². The van der Waals surface area contributed by atoms with E-state index in [0.29, 0.717) is 0 Å². The van der Waals surface area contributed by atoms with Crippen molar-refractivity contribution in [2.24, 2.45) is 0 Å². The fourth-order valence-electron chi connectivity index (χ4n) is 1.40. The van der Waals surface area contributed by atoms with Gasteiger partial charge in [0, 0.05) is 32.7 Å². The van der Waals surface area contributed by atoms with Crippen molar-refractivity contribution in [3.8, 4) is 0 Å². The van der Waals surface area contributed by atoms with Gasteiger partial charge in [0.15, 0.2) is 0 Å². The van der Waals surface area contributed by atoms with E-state index in [-0.39, 0.29) is 32.7 Å². The Morgan fingerprint density at radius 3 is 2.29 bits per heavy atom. The van der Waals surface area contributed by atoms with Crippen LogP contribution in [-0.4, -0.2) is 0 Å². The van der Waals surface area contributed by atoms with Gasteiger partial charge in [0.1, 0.15) is 0 Å². The molecule has 0 spiro atoms. The molecule has 73 valence electrons. The van der Waals surface area contributed by atoms with Gasteiger partial charge in [-0.25, -0.2) is 11.6 Å². The van der Waals surface area contributed by atoms with Crippen LogP contribution in [0.5, 0.6) is 0 Å². The number of rotatable bonds is 1. The average molecular weight is 261 g/mol. The summed E-state index contributed by atoms with van der Waals surface area (Å²) in [5, 5.41) is 0. The number of aryl methyl sites for hydroxylation is 3. The van der Waals surface area contributed by atoms with Gasteiger partial charge in [-0.15, -0.1) is 19.4 Å². The average Bonchev–Trinajstić information content (AvgIpc) is 2.10. The molecule has 1 radical (unpaired) electrons. The first-order chi connectivity index (χ1) is 6.06. The number of benzene rings is 1. The van der Waals surface area contributed by atoms with Gasteiger partial charge in [-0.3, -0.25) is 5.56 Å². The van der Waals surface area contributed by atoms with Gasteiger partial charge in [-0.1, -0.05) is 20.8 Å². The predicted octanol–water partition coefficient (Wildman–Crippen LogP) is 3.64. The smallest absolute Gasteiger partial charge is 0 e. The van der Waals surface area contributed by atoms with Crippen LogP contribution in [-0.2, 0) is 32.7 Å². The van der Waals surface area contributed by atoms with Crippen molar-refractivity contribution in [1.82, 2.24) is 0 Å². The molecule has 0 saturated carbocycles. The summed E-state index contributed by atoms with van der Waals surface area (Å²) in [5.41, 5.74) is 6.21. The van der Waals surface area contributed by atoms with E-state index in [4.69, 9.17) is 0 Å². The fraction of sp³-hybridized carbons (Fsp3) is 0.385. The van der Waals surface area contributed by atoms with E-state index in [9.17, 15) is 0 Å². The zero-order valence-electron chi connectivity index (χ0n) is 9.65. The molecule has 0 nitrogen and oxygen atoms in total. The molecule has 0 aliphatic carbocycles. The summed E-state index contributed by atoms with van der Waals surface area (Å²) < 4.78 is 0. The minimum absolute atomic E-state index is 0. The van der Waals surface area contributed by atoms with Crippen LogP contribution in [0.3, 0.4) is 0 Å². The van der Waals surface area contributed by atoms with E-state index in [1.54, 1.807) is 0 Å². The Labute approximate surface area is 113 Å². The summed E-state index contributed by atoms with van der Waals surface area (Å²) in [4.78, 5) is 0. The quantitative estimate of drug-likeness (QED) is 0.677. The first kappa shape index (κ1) is 14.1. The van der Waals surface area contributed by atoms with Crippen molar-refractivity contribution in [1.29, 1.82) is 0 Å². The molecule has 0 saturated heterocycles. The maximum atomic E-state index is 3.40. The molecule has 0 N–H and O–H groups in total. The summed E-state index contributed by atoms with van der Waals surface area (Å²) in [6.07, 6.45) is 3.15. The molecule has 14 heavy (non-hydrogen) atoms. The zero-order valence-corrected chi connectivity index (χ0v) is 12.5. The molecule has 0 heterocycles. The van der Waals surface area contributed by atoms with E-state index >= 15 is 0 Å². The first-order valence-corrected chi connectivity index (χ1v) is 4.58. The summed E-state index contributed by atoms with van der Waals surface area (Å²) in [5.74, 6) is 0. The fourth-order valence-corrected chi connectivity index (χ4v) is 1.40. The van der Waals surface area contributed by atoms with E-state index in [0.717, 1.165) is 0 Å². The van der Waals surface area contributed by atoms with Crippen molar-refractivity contribution in [3.63, 3.8) is 0 Å². The van der Waals surface area contributed by atoms with Gasteiger partial charge < -0.3 is 11.6 Å². The van der Waals surface area contributed by atoms with E-state index in [1.165, 1.54) is 27.8 Å². The van der Waals surface area contributed by atoms with Crippen molar-refractivity contribution in [2.75, 3.05) is 0 Å². The maximum Gasteiger partial charge on any atom is 0 e. The van der Waals surface area contributed by atoms with E-state index < -0.39 is 0 Å². The topological polar surface area (TPSA) is 0 Å². The molecule has 0 fully saturated rings. The van der Waals surface area contributed by atoms with E-state index in [2.05, 4.69) is 45.9 Å². The van der Waals surface area contributed by atoms with Crippen molar-refractivity contribution in [3.05, 3.63) is 40.5 Å². The molecule has 0 unspecified atom stereocenters. The molecule has 0 aliphatic rings. The Hall–Kier alpha value is 0.0639. The van der Waals surface area contributed by atoms with Crippen LogP contribution in [0.4, 0.5) is 0 Å². The van der Waals surface area contributed by atoms with Gasteiger partial charge in [-0.05, 0) is 0 Å². The third-order valence-corrected chi connectivity index (χ3v) is 2.48.